The van der Waals surface area contributed by atoms with Crippen LogP contribution >= 0.6 is 11.6 Å². The Hall–Kier alpha value is -1.51. The lowest BCUT2D eigenvalue weighted by molar-refractivity contribution is -0.894. The minimum atomic E-state index is 0.743. The van der Waals surface area contributed by atoms with Crippen LogP contribution in [0.25, 0.3) is 0 Å². The molecular weight excluding hydrogens is 294 g/mol. The fourth-order valence-corrected chi connectivity index (χ4v) is 2.70. The second-order valence-corrected chi connectivity index (χ2v) is 6.32. The number of aryl methyl sites for hydroxylation is 2. The van der Waals surface area contributed by atoms with Crippen LogP contribution < -0.4 is 9.64 Å². The van der Waals surface area contributed by atoms with Crippen molar-refractivity contribution in [1.29, 1.82) is 0 Å². The zero-order valence-corrected chi connectivity index (χ0v) is 14.4. The van der Waals surface area contributed by atoms with Crippen molar-refractivity contribution < 1.29 is 9.64 Å². The van der Waals surface area contributed by atoms with E-state index in [1.165, 1.54) is 10.5 Å². The minimum absolute atomic E-state index is 0.743. The maximum atomic E-state index is 6.17. The van der Waals surface area contributed by atoms with Gasteiger partial charge >= 0.3 is 0 Å². The van der Waals surface area contributed by atoms with Crippen LogP contribution in [0.2, 0.25) is 5.02 Å². The van der Waals surface area contributed by atoms with Gasteiger partial charge in [-0.15, -0.1) is 0 Å². The van der Waals surface area contributed by atoms with E-state index < -0.39 is 0 Å². The van der Waals surface area contributed by atoms with Gasteiger partial charge < -0.3 is 9.64 Å². The number of benzene rings is 2. The van der Waals surface area contributed by atoms with Gasteiger partial charge in [0.1, 0.15) is 12.3 Å². The Morgan fingerprint density at radius 1 is 1.05 bits per heavy atom. The van der Waals surface area contributed by atoms with Gasteiger partial charge in [-0.3, -0.25) is 0 Å². The van der Waals surface area contributed by atoms with Gasteiger partial charge in [-0.25, -0.2) is 0 Å². The molecule has 0 aliphatic rings. The van der Waals surface area contributed by atoms with Crippen LogP contribution in [0.5, 0.6) is 5.75 Å². The molecule has 2 aromatic rings. The number of quaternary nitrogens is 1. The Morgan fingerprint density at radius 2 is 1.68 bits per heavy atom. The molecule has 0 saturated carbocycles. The van der Waals surface area contributed by atoms with Gasteiger partial charge in [0.15, 0.2) is 0 Å². The minimum Gasteiger partial charge on any atom is -0.493 e. The molecule has 3 heteroatoms. The van der Waals surface area contributed by atoms with Crippen LogP contribution in [-0.2, 0) is 6.54 Å². The van der Waals surface area contributed by atoms with Crippen molar-refractivity contribution in [2.24, 2.45) is 0 Å². The zero-order chi connectivity index (χ0) is 15.9. The van der Waals surface area contributed by atoms with E-state index in [1.54, 1.807) is 0 Å². The maximum Gasteiger partial charge on any atom is 0.119 e. The van der Waals surface area contributed by atoms with Gasteiger partial charge in [-0.05, 0) is 37.1 Å². The van der Waals surface area contributed by atoms with Crippen molar-refractivity contribution in [3.05, 3.63) is 64.2 Å². The molecule has 0 fully saturated rings. The molecule has 0 amide bonds. The van der Waals surface area contributed by atoms with E-state index in [9.17, 15) is 0 Å². The summed E-state index contributed by atoms with van der Waals surface area (Å²) in [5.74, 6) is 0.917. The summed E-state index contributed by atoms with van der Waals surface area (Å²) >= 11 is 6.17. The molecule has 0 aliphatic carbocycles. The highest BCUT2D eigenvalue weighted by Gasteiger charge is 2.05. The van der Waals surface area contributed by atoms with E-state index in [2.05, 4.69) is 37.4 Å². The Kier molecular flexibility index (Phi) is 6.29. The highest BCUT2D eigenvalue weighted by atomic mass is 35.5. The number of nitrogens with one attached hydrogen (secondary N) is 1. The summed E-state index contributed by atoms with van der Waals surface area (Å²) < 4.78 is 5.85. The van der Waals surface area contributed by atoms with E-state index in [0.29, 0.717) is 0 Å². The fourth-order valence-electron chi connectivity index (χ4n) is 2.59. The molecule has 0 spiro atoms. The van der Waals surface area contributed by atoms with Crippen LogP contribution in [0.1, 0.15) is 23.1 Å². The number of rotatable bonds is 7. The first-order valence-corrected chi connectivity index (χ1v) is 8.19. The van der Waals surface area contributed by atoms with E-state index in [0.717, 1.165) is 48.0 Å². The molecule has 0 radical (unpaired) electrons. The SMILES string of the molecule is Cc1cc(OCCC[NH+](C)Cc2ccccc2)cc(C)c1Cl. The van der Waals surface area contributed by atoms with Crippen LogP contribution in [0.15, 0.2) is 42.5 Å². The monoisotopic (exact) mass is 318 g/mol. The van der Waals surface area contributed by atoms with Crippen LogP contribution in [0.3, 0.4) is 0 Å². The van der Waals surface area contributed by atoms with Gasteiger partial charge in [-0.1, -0.05) is 41.9 Å². The predicted octanol–water partition coefficient (Wildman–Crippen LogP) is 3.44. The molecule has 0 bridgehead atoms. The second-order valence-electron chi connectivity index (χ2n) is 5.94. The summed E-state index contributed by atoms with van der Waals surface area (Å²) in [4.78, 5) is 1.50. The third kappa shape index (κ3) is 5.04. The maximum absolute atomic E-state index is 6.17. The van der Waals surface area contributed by atoms with Crippen molar-refractivity contribution in [3.8, 4) is 5.75 Å². The smallest absolute Gasteiger partial charge is 0.119 e. The van der Waals surface area contributed by atoms with E-state index in [1.807, 2.05) is 26.0 Å². The van der Waals surface area contributed by atoms with Crippen molar-refractivity contribution in [2.75, 3.05) is 20.2 Å². The van der Waals surface area contributed by atoms with Gasteiger partial charge in [0.25, 0.3) is 0 Å². The van der Waals surface area contributed by atoms with Crippen LogP contribution in [0, 0.1) is 13.8 Å². The third-order valence-corrected chi connectivity index (χ3v) is 4.37. The van der Waals surface area contributed by atoms with Gasteiger partial charge in [0.05, 0.1) is 20.2 Å². The average molecular weight is 319 g/mol. The molecular formula is C19H25ClNO+. The molecule has 0 aliphatic heterocycles. The lowest BCUT2D eigenvalue weighted by Crippen LogP contribution is -3.07. The topological polar surface area (TPSA) is 13.7 Å². The van der Waals surface area contributed by atoms with Crippen molar-refractivity contribution in [2.45, 2.75) is 26.8 Å². The first kappa shape index (κ1) is 16.9. The largest absolute Gasteiger partial charge is 0.493 e. The van der Waals surface area contributed by atoms with Crippen LogP contribution in [-0.4, -0.2) is 20.2 Å². The van der Waals surface area contributed by atoms with Gasteiger partial charge in [0.2, 0.25) is 0 Å². The number of halogens is 1. The Balaban J connectivity index is 1.73. The summed E-state index contributed by atoms with van der Waals surface area (Å²) in [7, 11) is 2.23. The average Bonchev–Trinajstić information content (AvgIpc) is 2.50. The Morgan fingerprint density at radius 3 is 2.32 bits per heavy atom. The van der Waals surface area contributed by atoms with Crippen molar-refractivity contribution >= 4 is 11.6 Å². The van der Waals surface area contributed by atoms with Crippen molar-refractivity contribution in [3.63, 3.8) is 0 Å². The number of ether oxygens (including phenoxy) is 1. The quantitative estimate of drug-likeness (QED) is 0.772. The summed E-state index contributed by atoms with van der Waals surface area (Å²) in [5, 5.41) is 0.833. The third-order valence-electron chi connectivity index (χ3n) is 3.78. The molecule has 2 rings (SSSR count). The molecule has 0 saturated heterocycles. The lowest BCUT2D eigenvalue weighted by Gasteiger charge is -2.15. The molecule has 0 aromatic heterocycles. The zero-order valence-electron chi connectivity index (χ0n) is 13.7. The van der Waals surface area contributed by atoms with Crippen molar-refractivity contribution in [1.82, 2.24) is 0 Å². The van der Waals surface area contributed by atoms with E-state index >= 15 is 0 Å². The predicted molar refractivity (Wildman–Crippen MR) is 92.9 cm³/mol. The Bertz CT molecular complexity index is 575. The summed E-state index contributed by atoms with van der Waals surface area (Å²) in [6.45, 7) is 6.92. The molecule has 0 heterocycles. The molecule has 1 N–H and O–H groups in total. The first-order valence-electron chi connectivity index (χ1n) is 7.81. The summed E-state index contributed by atoms with van der Waals surface area (Å²) in [6, 6.07) is 14.6. The molecule has 1 unspecified atom stereocenters. The van der Waals surface area contributed by atoms with E-state index in [4.69, 9.17) is 16.3 Å². The molecule has 22 heavy (non-hydrogen) atoms. The lowest BCUT2D eigenvalue weighted by atomic mass is 10.1. The molecule has 118 valence electrons. The second kappa shape index (κ2) is 8.21. The van der Waals surface area contributed by atoms with Gasteiger partial charge in [-0.2, -0.15) is 0 Å². The standard InChI is InChI=1S/C19H24ClNO/c1-15-12-18(13-16(2)19(15)20)22-11-7-10-21(3)14-17-8-5-4-6-9-17/h4-6,8-9,12-13H,7,10-11,14H2,1-3H3/p+1. The Labute approximate surface area is 138 Å². The first-order chi connectivity index (χ1) is 10.6. The van der Waals surface area contributed by atoms with E-state index in [-0.39, 0.29) is 0 Å². The normalized spacial score (nSPS) is 12.2. The summed E-state index contributed by atoms with van der Waals surface area (Å²) in [6.07, 6.45) is 1.04. The number of hydrogen-bond donors (Lipinski definition) is 1. The van der Waals surface area contributed by atoms with Gasteiger partial charge in [0, 0.05) is 17.0 Å². The highest BCUT2D eigenvalue weighted by Crippen LogP contribution is 2.25. The van der Waals surface area contributed by atoms with Crippen LogP contribution in [0.4, 0.5) is 0 Å². The molecule has 2 aromatic carbocycles. The summed E-state index contributed by atoms with van der Waals surface area (Å²) in [5.41, 5.74) is 3.52. The molecule has 1 atom stereocenters. The molecule has 2 nitrogen and oxygen atoms in total. The highest BCUT2D eigenvalue weighted by molar-refractivity contribution is 6.32. The fraction of sp³-hybridized carbons (Fsp3) is 0.368. The number of hydrogen-bond acceptors (Lipinski definition) is 1.